The van der Waals surface area contributed by atoms with Crippen LogP contribution in [0.25, 0.3) is 11.3 Å². The van der Waals surface area contributed by atoms with E-state index in [0.29, 0.717) is 218 Å². The van der Waals surface area contributed by atoms with Gasteiger partial charge in [0.25, 0.3) is 0 Å². The summed E-state index contributed by atoms with van der Waals surface area (Å²) in [6, 6.07) is 15.5. The van der Waals surface area contributed by atoms with Crippen molar-refractivity contribution in [2.45, 2.75) is 127 Å². The number of carboxylic acid groups (broad SMARTS) is 6. The van der Waals surface area contributed by atoms with Gasteiger partial charge in [0.2, 0.25) is 17.7 Å². The van der Waals surface area contributed by atoms with Crippen molar-refractivity contribution in [2.75, 3.05) is 189 Å². The van der Waals surface area contributed by atoms with E-state index in [0.717, 1.165) is 9.13 Å². The standard InChI is InChI=1S/C83H119IN16O27S/c84-60-18-16-58(17-19-60)51-73(102)85-23-4-2-13-67(77(108)109)93-75(105)65(12-1-6-25-87-83(128)91-63-53-64(89-70(54-63)80(114)115)56-99-28-34-121-40-38-119-32-26-98(27-33-120-39-41-122-35-29-99)55-62-11-8-15-66(88-62)76(106)107)92-72(101)22-31-118-37-43-124-45-47-126-49-50-127-48-46-125-44-42-123-36-30-100-57-71(96-97-100)59-9-7-10-61(52-59)90-81(116)86-24-5-3-14-68(78(110)111)94-82(117)95-69(79(112)113)20-21-74(103)104/h7-11,15-19,52-54,57,65,67-69H,1-6,12-14,20-51,55-56H2,(H,85,102)(H,92,101)(H,93,105)(H,103,104)(H,106,107)(H,108,109)(H,110,111)(H,112,113)(H,114,115)(H2,86,90,116)(H2,94,95,117)(H2,87,89,91,128)/t65-,67-,68-,69-/m0/s1. The monoisotopic (exact) mass is 1930 g/mol. The number of carbonyl (C=O) groups is 11. The molecule has 7 amide bonds. The lowest BCUT2D eigenvalue weighted by Crippen LogP contribution is -2.51. The molecule has 0 aliphatic carbocycles. The number of hydrogen-bond acceptors (Lipinski definition) is 28. The topological polar surface area (TPSA) is 573 Å². The van der Waals surface area contributed by atoms with E-state index in [1.165, 1.54) is 12.1 Å². The van der Waals surface area contributed by atoms with Crippen LogP contribution in [0.4, 0.5) is 21.0 Å². The average molecular weight is 1930 g/mol. The maximum atomic E-state index is 13.9. The van der Waals surface area contributed by atoms with Crippen molar-refractivity contribution in [3.05, 3.63) is 117 Å². The van der Waals surface area contributed by atoms with Gasteiger partial charge < -0.3 is 126 Å². The number of carbonyl (C=O) groups excluding carboxylic acids is 5. The van der Waals surface area contributed by atoms with Crippen molar-refractivity contribution in [1.29, 1.82) is 0 Å². The maximum Gasteiger partial charge on any atom is 0.354 e. The van der Waals surface area contributed by atoms with E-state index in [-0.39, 0.29) is 107 Å². The minimum absolute atomic E-state index is 0.00591. The molecule has 0 saturated carbocycles. The first-order chi connectivity index (χ1) is 61.8. The zero-order valence-electron chi connectivity index (χ0n) is 71.5. The molecule has 1 aliphatic heterocycles. The Hall–Kier alpha value is -10.4. The van der Waals surface area contributed by atoms with Crippen molar-refractivity contribution in [2.24, 2.45) is 0 Å². The third-order valence-electron chi connectivity index (χ3n) is 18.9. The van der Waals surface area contributed by atoms with Gasteiger partial charge in [-0.3, -0.25) is 29.0 Å². The van der Waals surface area contributed by atoms with Gasteiger partial charge in [0, 0.05) is 92.3 Å². The number of benzene rings is 2. The van der Waals surface area contributed by atoms with E-state index in [9.17, 15) is 78.3 Å². The van der Waals surface area contributed by atoms with Gasteiger partial charge in [-0.25, -0.2) is 48.2 Å². The van der Waals surface area contributed by atoms with Gasteiger partial charge in [-0.15, -0.1) is 5.10 Å². The third kappa shape index (κ3) is 47.6. The Labute approximate surface area is 759 Å². The Balaban J connectivity index is 0.826. The average Bonchev–Trinajstić information content (AvgIpc) is 1.66. The van der Waals surface area contributed by atoms with Crippen LogP contribution in [0.15, 0.2) is 85.1 Å². The maximum absolute atomic E-state index is 13.9. The molecule has 0 radical (unpaired) electrons. The predicted octanol–water partition coefficient (Wildman–Crippen LogP) is 3.71. The lowest BCUT2D eigenvalue weighted by molar-refractivity contribution is -0.142. The number of amides is 7. The summed E-state index contributed by atoms with van der Waals surface area (Å²) in [6.07, 6.45) is 3.28. The van der Waals surface area contributed by atoms with Gasteiger partial charge in [0.15, 0.2) is 10.8 Å². The molecule has 1 saturated heterocycles. The van der Waals surface area contributed by atoms with Crippen molar-refractivity contribution in [1.82, 2.24) is 72.0 Å². The number of nitrogens with zero attached hydrogens (tertiary/aromatic N) is 7. The van der Waals surface area contributed by atoms with Crippen molar-refractivity contribution in [3.63, 3.8) is 0 Å². The Morgan fingerprint density at radius 1 is 0.453 bits per heavy atom. The molecule has 1 aliphatic rings. The molecule has 0 unspecified atom stereocenters. The molecule has 0 spiro atoms. The first-order valence-corrected chi connectivity index (χ1v) is 43.7. The number of nitrogens with one attached hydrogen (secondary N) is 9. The number of hydrogen-bond donors (Lipinski definition) is 15. The van der Waals surface area contributed by atoms with Crippen LogP contribution in [0.5, 0.6) is 0 Å². The normalized spacial score (nSPS) is 14.2. The number of rotatable bonds is 58. The zero-order valence-corrected chi connectivity index (χ0v) is 74.4. The summed E-state index contributed by atoms with van der Waals surface area (Å²) < 4.78 is 60.0. The van der Waals surface area contributed by atoms with E-state index in [1.54, 1.807) is 53.3 Å². The molecule has 706 valence electrons. The van der Waals surface area contributed by atoms with Crippen LogP contribution < -0.4 is 47.9 Å². The number of ether oxygens (including phenoxy) is 10. The molecule has 1 fully saturated rings. The molecular formula is C83H119IN16O27S. The van der Waals surface area contributed by atoms with Crippen LogP contribution in [-0.4, -0.2) is 338 Å². The molecule has 45 heteroatoms. The Bertz CT molecular complexity index is 4200. The number of halogens is 1. The molecule has 3 aromatic heterocycles. The Morgan fingerprint density at radius 3 is 1.49 bits per heavy atom. The highest BCUT2D eigenvalue weighted by atomic mass is 127. The summed E-state index contributed by atoms with van der Waals surface area (Å²) in [5, 5.41) is 89.9. The van der Waals surface area contributed by atoms with Crippen LogP contribution in [0.1, 0.15) is 115 Å². The molecule has 15 N–H and O–H groups in total. The van der Waals surface area contributed by atoms with Gasteiger partial charge in [-0.1, -0.05) is 35.5 Å². The number of pyridine rings is 2. The third-order valence-corrected chi connectivity index (χ3v) is 19.9. The van der Waals surface area contributed by atoms with E-state index < -0.39 is 96.7 Å². The number of thiocarbonyl (C=S) groups is 1. The Morgan fingerprint density at radius 2 is 0.945 bits per heavy atom. The summed E-state index contributed by atoms with van der Waals surface area (Å²) in [4.78, 5) is 148. The fourth-order valence-corrected chi connectivity index (χ4v) is 12.8. The minimum Gasteiger partial charge on any atom is -0.481 e. The van der Waals surface area contributed by atoms with Crippen LogP contribution in [-0.2, 0) is 107 Å². The number of aromatic carboxylic acids is 2. The summed E-state index contributed by atoms with van der Waals surface area (Å²) in [5.41, 5.74) is 3.72. The lowest BCUT2D eigenvalue weighted by atomic mass is 10.1. The summed E-state index contributed by atoms with van der Waals surface area (Å²) >= 11 is 7.82. The fourth-order valence-electron chi connectivity index (χ4n) is 12.2. The highest BCUT2D eigenvalue weighted by Gasteiger charge is 2.29. The number of carboxylic acids is 6. The van der Waals surface area contributed by atoms with E-state index in [2.05, 4.69) is 95.6 Å². The smallest absolute Gasteiger partial charge is 0.354 e. The molecule has 0 bridgehead atoms. The van der Waals surface area contributed by atoms with Crippen LogP contribution in [0.2, 0.25) is 0 Å². The lowest BCUT2D eigenvalue weighted by Gasteiger charge is -2.23. The number of urea groups is 2. The first-order valence-electron chi connectivity index (χ1n) is 42.2. The predicted molar refractivity (Wildman–Crippen MR) is 473 cm³/mol. The molecule has 5 aromatic rings. The number of anilines is 2. The SMILES string of the molecule is O=C(O)CC[C@H](NC(=O)N[C@@H](CCCCNC(=O)Nc1cccc(-c2cn(CCOCCOCCOCCOCCOCCOCCC(=O)N[C@@H](CCCCNC(=S)Nc3cc(CN4CCOCCOCCN(Cc5cccc(C(=O)O)n5)CCOCCOCC4)nc(C(=O)O)c3)C(=O)N[C@@H](CCCCNC(=O)Cc3ccc(I)cc3)C(=O)O)nn2)c1)C(=O)O)C(=O)O. The van der Waals surface area contributed by atoms with E-state index >= 15 is 0 Å². The van der Waals surface area contributed by atoms with Crippen molar-refractivity contribution in [3.8, 4) is 11.3 Å². The number of aromatic nitrogens is 5. The van der Waals surface area contributed by atoms with Gasteiger partial charge in [-0.2, -0.15) is 0 Å². The van der Waals surface area contributed by atoms with Crippen LogP contribution in [0, 0.1) is 3.57 Å². The molecular weight excluding hydrogens is 1810 g/mol. The van der Waals surface area contributed by atoms with Crippen molar-refractivity contribution < 1.29 is 131 Å². The Kier molecular flexibility index (Phi) is 52.8. The summed E-state index contributed by atoms with van der Waals surface area (Å²) in [5.74, 6) is -9.08. The largest absolute Gasteiger partial charge is 0.481 e. The molecule has 128 heavy (non-hydrogen) atoms. The minimum atomic E-state index is -1.53. The molecule has 4 heterocycles. The fraction of sp³-hybridized carbons (Fsp3) is 0.566. The van der Waals surface area contributed by atoms with Gasteiger partial charge in [0.1, 0.15) is 35.6 Å². The van der Waals surface area contributed by atoms with Gasteiger partial charge >= 0.3 is 47.9 Å². The second kappa shape index (κ2) is 63.5. The first kappa shape index (κ1) is 106. The van der Waals surface area contributed by atoms with E-state index in [4.69, 9.17) is 64.7 Å². The highest BCUT2D eigenvalue weighted by molar-refractivity contribution is 14.1. The number of aliphatic carboxylic acids is 4. The highest BCUT2D eigenvalue weighted by Crippen LogP contribution is 2.22. The van der Waals surface area contributed by atoms with Crippen molar-refractivity contribution >= 4 is 117 Å². The summed E-state index contributed by atoms with van der Waals surface area (Å²) in [7, 11) is 0. The summed E-state index contributed by atoms with van der Waals surface area (Å²) in [6.45, 7) is 9.71. The molecule has 43 nitrogen and oxygen atoms in total. The van der Waals surface area contributed by atoms with Crippen LogP contribution in [0.3, 0.4) is 0 Å². The van der Waals surface area contributed by atoms with Crippen LogP contribution >= 0.6 is 34.8 Å². The van der Waals surface area contributed by atoms with Gasteiger partial charge in [0.05, 0.1) is 163 Å². The molecule has 4 atom stereocenters. The quantitative estimate of drug-likeness (QED) is 0.0150. The second-order valence-corrected chi connectivity index (χ2v) is 30.6. The molecule has 6 rings (SSSR count). The van der Waals surface area contributed by atoms with Gasteiger partial charge in [-0.05, 0) is 153 Å². The molecule has 2 aromatic carbocycles. The zero-order chi connectivity index (χ0) is 92.3. The van der Waals surface area contributed by atoms with E-state index in [1.807, 2.05) is 29.2 Å². The number of unbranched alkanes of at least 4 members (excludes halogenated alkanes) is 3. The second-order valence-electron chi connectivity index (χ2n) is 29.0.